The Bertz CT molecular complexity index is 674. The maximum absolute atomic E-state index is 12.3. The summed E-state index contributed by atoms with van der Waals surface area (Å²) in [5.74, 6) is 6.45. The van der Waals surface area contributed by atoms with E-state index >= 15 is 0 Å². The summed E-state index contributed by atoms with van der Waals surface area (Å²) in [5, 5.41) is 0. The molecule has 0 spiro atoms. The lowest BCUT2D eigenvalue weighted by Gasteiger charge is -2.60. The molecular formula is C29H48O. The molecule has 0 heterocycles. The fourth-order valence-electron chi connectivity index (χ4n) is 9.05. The summed E-state index contributed by atoms with van der Waals surface area (Å²) in [4.78, 5) is 12.3. The fourth-order valence-corrected chi connectivity index (χ4v) is 9.05. The lowest BCUT2D eigenvalue weighted by atomic mass is 9.45. The summed E-state index contributed by atoms with van der Waals surface area (Å²) in [5.41, 5.74) is 2.40. The highest BCUT2D eigenvalue weighted by molar-refractivity contribution is 5.82. The maximum Gasteiger partial charge on any atom is 0.136 e. The van der Waals surface area contributed by atoms with Gasteiger partial charge in [0.05, 0.1) is 0 Å². The van der Waals surface area contributed by atoms with Crippen LogP contribution in [0.4, 0.5) is 0 Å². The van der Waals surface area contributed by atoms with E-state index in [1.54, 1.807) is 0 Å². The van der Waals surface area contributed by atoms with Crippen LogP contribution in [-0.2, 0) is 4.79 Å². The molecule has 8 atom stereocenters. The van der Waals surface area contributed by atoms with E-state index in [0.717, 1.165) is 54.8 Å². The van der Waals surface area contributed by atoms with Crippen LogP contribution in [0.15, 0.2) is 11.6 Å². The lowest BCUT2D eigenvalue weighted by Crippen LogP contribution is -2.53. The third kappa shape index (κ3) is 3.65. The summed E-state index contributed by atoms with van der Waals surface area (Å²) in [7, 11) is 0. The van der Waals surface area contributed by atoms with Crippen molar-refractivity contribution in [1.29, 1.82) is 0 Å². The molecule has 0 N–H and O–H groups in total. The molecule has 30 heavy (non-hydrogen) atoms. The summed E-state index contributed by atoms with van der Waals surface area (Å²) >= 11 is 0. The van der Waals surface area contributed by atoms with Crippen LogP contribution in [0, 0.1) is 52.3 Å². The molecule has 0 aromatic carbocycles. The smallest absolute Gasteiger partial charge is 0.136 e. The van der Waals surface area contributed by atoms with E-state index in [2.05, 4.69) is 47.6 Å². The van der Waals surface area contributed by atoms with Crippen LogP contribution < -0.4 is 0 Å². The van der Waals surface area contributed by atoms with Crippen molar-refractivity contribution in [2.24, 2.45) is 52.3 Å². The minimum absolute atomic E-state index is 0.312. The van der Waals surface area contributed by atoms with Crippen LogP contribution in [0.25, 0.3) is 0 Å². The van der Waals surface area contributed by atoms with E-state index in [1.807, 2.05) is 0 Å². The second-order valence-corrected chi connectivity index (χ2v) is 12.7. The first kappa shape index (κ1) is 22.6. The Hall–Kier alpha value is -0.590. The molecule has 0 unspecified atom stereocenters. The third-order valence-electron chi connectivity index (χ3n) is 10.8. The Morgan fingerprint density at radius 2 is 1.80 bits per heavy atom. The molecule has 0 aromatic rings. The van der Waals surface area contributed by atoms with Gasteiger partial charge in [-0.2, -0.15) is 0 Å². The fraction of sp³-hybridized carbons (Fsp3) is 0.897. The number of allylic oxidation sites excluding steroid dienone is 2. The number of carbonyl (C=O) groups excluding carboxylic acids is 1. The third-order valence-corrected chi connectivity index (χ3v) is 10.8. The predicted octanol–water partition coefficient (Wildman–Crippen LogP) is 8.23. The normalized spacial score (nSPS) is 44.3. The van der Waals surface area contributed by atoms with Crippen LogP contribution in [-0.4, -0.2) is 5.78 Å². The van der Waals surface area contributed by atoms with Gasteiger partial charge >= 0.3 is 0 Å². The van der Waals surface area contributed by atoms with Crippen LogP contribution in [0.3, 0.4) is 0 Å². The highest BCUT2D eigenvalue weighted by atomic mass is 16.1. The van der Waals surface area contributed by atoms with Gasteiger partial charge in [0.2, 0.25) is 0 Å². The van der Waals surface area contributed by atoms with Crippen molar-refractivity contribution in [3.8, 4) is 0 Å². The number of hydrogen-bond donors (Lipinski definition) is 0. The van der Waals surface area contributed by atoms with Crippen molar-refractivity contribution in [3.63, 3.8) is 0 Å². The van der Waals surface area contributed by atoms with Crippen molar-refractivity contribution in [2.75, 3.05) is 0 Å². The van der Waals surface area contributed by atoms with Gasteiger partial charge in [-0.15, -0.1) is 0 Å². The monoisotopic (exact) mass is 412 g/mol. The zero-order valence-electron chi connectivity index (χ0n) is 20.8. The van der Waals surface area contributed by atoms with Crippen molar-refractivity contribution < 1.29 is 4.79 Å². The first-order chi connectivity index (χ1) is 14.2. The second-order valence-electron chi connectivity index (χ2n) is 12.7. The van der Waals surface area contributed by atoms with Gasteiger partial charge in [0.25, 0.3) is 0 Å². The molecule has 1 heteroatoms. The van der Waals surface area contributed by atoms with Crippen molar-refractivity contribution >= 4 is 5.78 Å². The lowest BCUT2D eigenvalue weighted by molar-refractivity contribution is -0.123. The van der Waals surface area contributed by atoms with Gasteiger partial charge in [-0.3, -0.25) is 4.79 Å². The largest absolute Gasteiger partial charge is 0.299 e. The Morgan fingerprint density at radius 1 is 1.03 bits per heavy atom. The Morgan fingerprint density at radius 3 is 2.50 bits per heavy atom. The summed E-state index contributed by atoms with van der Waals surface area (Å²) in [6.07, 6.45) is 16.6. The first-order valence-corrected chi connectivity index (χ1v) is 13.4. The Balaban J connectivity index is 1.57. The summed E-state index contributed by atoms with van der Waals surface area (Å²) in [6, 6.07) is 0. The minimum Gasteiger partial charge on any atom is -0.299 e. The topological polar surface area (TPSA) is 17.1 Å². The molecular weight excluding hydrogens is 364 g/mol. The summed E-state index contributed by atoms with van der Waals surface area (Å²) < 4.78 is 0. The molecule has 0 amide bonds. The van der Waals surface area contributed by atoms with Crippen LogP contribution in [0.2, 0.25) is 0 Å². The summed E-state index contributed by atoms with van der Waals surface area (Å²) in [6.45, 7) is 15.0. The number of carbonyl (C=O) groups is 1. The molecule has 170 valence electrons. The average molecular weight is 413 g/mol. The molecule has 4 aliphatic carbocycles. The molecule has 1 nitrogen and oxygen atoms in total. The van der Waals surface area contributed by atoms with Crippen molar-refractivity contribution in [2.45, 2.75) is 112 Å². The van der Waals surface area contributed by atoms with Gasteiger partial charge in [-0.25, -0.2) is 0 Å². The van der Waals surface area contributed by atoms with E-state index < -0.39 is 0 Å². The number of fused-ring (bicyclic) bond motifs is 5. The van der Waals surface area contributed by atoms with Gasteiger partial charge in [0.1, 0.15) is 5.78 Å². The molecule has 0 bridgehead atoms. The van der Waals surface area contributed by atoms with E-state index in [-0.39, 0.29) is 0 Å². The average Bonchev–Trinajstić information content (AvgIpc) is 3.05. The van der Waals surface area contributed by atoms with Crippen LogP contribution in [0.1, 0.15) is 112 Å². The first-order valence-electron chi connectivity index (χ1n) is 13.4. The van der Waals surface area contributed by atoms with E-state index in [9.17, 15) is 4.79 Å². The molecule has 0 aromatic heterocycles. The molecule has 4 aliphatic rings. The number of ketones is 1. The van der Waals surface area contributed by atoms with E-state index in [1.165, 1.54) is 56.9 Å². The highest BCUT2D eigenvalue weighted by Crippen LogP contribution is 2.68. The standard InChI is InChI=1S/C29H48O/c1-7-21-17-22-18-23(30)13-15-28(22,5)26-14-16-29(6)24(11-12-25(29)27(21)26)20(4)10-8-9-19(2)3/h17,19-21,24-27H,7-16,18H2,1-6H3/t20-,21+,24-,25+,26+,27+,28+,29-/m1/s1. The molecule has 0 saturated heterocycles. The van der Waals surface area contributed by atoms with Gasteiger partial charge < -0.3 is 0 Å². The quantitative estimate of drug-likeness (QED) is 0.401. The van der Waals surface area contributed by atoms with Gasteiger partial charge in [-0.1, -0.05) is 72.5 Å². The van der Waals surface area contributed by atoms with Gasteiger partial charge in [-0.05, 0) is 90.8 Å². The number of hydrogen-bond acceptors (Lipinski definition) is 1. The van der Waals surface area contributed by atoms with Crippen LogP contribution in [0.5, 0.6) is 0 Å². The van der Waals surface area contributed by atoms with Gasteiger partial charge in [0.15, 0.2) is 0 Å². The molecule has 4 rings (SSSR count). The molecule has 3 saturated carbocycles. The molecule has 0 aliphatic heterocycles. The number of Topliss-reactive ketones (excluding diaryl/α,β-unsaturated/α-hetero) is 1. The molecule has 0 radical (unpaired) electrons. The highest BCUT2D eigenvalue weighted by Gasteiger charge is 2.60. The second kappa shape index (κ2) is 8.40. The molecule has 3 fully saturated rings. The van der Waals surface area contributed by atoms with E-state index in [0.29, 0.717) is 22.5 Å². The Labute approximate surface area is 186 Å². The van der Waals surface area contributed by atoms with E-state index in [4.69, 9.17) is 0 Å². The predicted molar refractivity (Wildman–Crippen MR) is 127 cm³/mol. The maximum atomic E-state index is 12.3. The zero-order valence-corrected chi connectivity index (χ0v) is 20.8. The SMILES string of the molecule is CC[C@H]1C=C2CC(=O)CC[C@]2(C)[C@H]2CC[C@]3(C)[C@@H]([C@H](C)CCCC(C)C)CC[C@H]3[C@H]12. The number of rotatable bonds is 6. The minimum atomic E-state index is 0.312. The zero-order chi connectivity index (χ0) is 21.7. The Kier molecular flexibility index (Phi) is 6.33. The van der Waals surface area contributed by atoms with Crippen LogP contribution >= 0.6 is 0 Å². The van der Waals surface area contributed by atoms with Crippen molar-refractivity contribution in [3.05, 3.63) is 11.6 Å². The van der Waals surface area contributed by atoms with Gasteiger partial charge in [0, 0.05) is 12.8 Å². The van der Waals surface area contributed by atoms with Crippen molar-refractivity contribution in [1.82, 2.24) is 0 Å².